The molecule has 0 aliphatic carbocycles. The monoisotopic (exact) mass is 415 g/mol. The predicted molar refractivity (Wildman–Crippen MR) is 106 cm³/mol. The van der Waals surface area contributed by atoms with Crippen molar-refractivity contribution in [3.63, 3.8) is 0 Å². The maximum absolute atomic E-state index is 13.2. The second kappa shape index (κ2) is 9.43. The molecule has 1 aromatic heterocycles. The molecule has 8 nitrogen and oxygen atoms in total. The number of carboxylic acid groups (broad SMARTS) is 1. The quantitative estimate of drug-likeness (QED) is 0.711. The minimum atomic E-state index is -1.48. The van der Waals surface area contributed by atoms with E-state index in [0.717, 1.165) is 5.39 Å². The number of nitrogens with one attached hydrogen (secondary N) is 1. The number of carboxylic acids is 1. The van der Waals surface area contributed by atoms with Crippen molar-refractivity contribution in [1.29, 1.82) is 0 Å². The van der Waals surface area contributed by atoms with Crippen LogP contribution < -0.4 is 5.32 Å². The summed E-state index contributed by atoms with van der Waals surface area (Å²) in [4.78, 5) is 54.4. The highest BCUT2D eigenvalue weighted by Gasteiger charge is 2.35. The van der Waals surface area contributed by atoms with Crippen LogP contribution in [0.4, 0.5) is 4.39 Å². The SMILES string of the molecule is O=C(O)CC(NC(=O)[C@@H]1CCCCN1C(=O)c1nccc2ccccc12)C(=O)CF. The lowest BCUT2D eigenvalue weighted by Crippen LogP contribution is -2.55. The minimum absolute atomic E-state index is 0.217. The summed E-state index contributed by atoms with van der Waals surface area (Å²) in [6.07, 6.45) is 2.54. The first-order valence-corrected chi connectivity index (χ1v) is 9.68. The van der Waals surface area contributed by atoms with Crippen LogP contribution in [0.2, 0.25) is 0 Å². The van der Waals surface area contributed by atoms with Gasteiger partial charge in [-0.1, -0.05) is 24.3 Å². The third-order valence-electron chi connectivity index (χ3n) is 5.16. The Morgan fingerprint density at radius 2 is 1.97 bits per heavy atom. The summed E-state index contributed by atoms with van der Waals surface area (Å²) in [5.74, 6) is -3.44. The fourth-order valence-corrected chi connectivity index (χ4v) is 3.65. The number of rotatable bonds is 7. The molecule has 30 heavy (non-hydrogen) atoms. The van der Waals surface area contributed by atoms with Gasteiger partial charge in [-0.2, -0.15) is 0 Å². The molecule has 2 atom stereocenters. The van der Waals surface area contributed by atoms with Crippen LogP contribution in [0.25, 0.3) is 10.8 Å². The first-order chi connectivity index (χ1) is 14.4. The number of piperidine rings is 1. The van der Waals surface area contributed by atoms with Gasteiger partial charge in [0.1, 0.15) is 24.5 Å². The molecule has 0 bridgehead atoms. The van der Waals surface area contributed by atoms with E-state index < -0.39 is 48.7 Å². The normalized spacial score (nSPS) is 17.4. The Labute approximate surface area is 172 Å². The molecule has 0 radical (unpaired) electrons. The maximum Gasteiger partial charge on any atom is 0.305 e. The van der Waals surface area contributed by atoms with E-state index in [9.17, 15) is 23.6 Å². The Hall–Kier alpha value is -3.36. The van der Waals surface area contributed by atoms with Crippen molar-refractivity contribution in [3.05, 3.63) is 42.2 Å². The van der Waals surface area contributed by atoms with Gasteiger partial charge in [-0.3, -0.25) is 24.2 Å². The van der Waals surface area contributed by atoms with E-state index in [1.165, 1.54) is 11.1 Å². The number of halogens is 1. The van der Waals surface area contributed by atoms with Gasteiger partial charge in [-0.25, -0.2) is 4.39 Å². The lowest BCUT2D eigenvalue weighted by molar-refractivity contribution is -0.140. The summed E-state index contributed by atoms with van der Waals surface area (Å²) in [6, 6.07) is 6.68. The average molecular weight is 415 g/mol. The van der Waals surface area contributed by atoms with E-state index in [1.54, 1.807) is 18.2 Å². The van der Waals surface area contributed by atoms with Crippen LogP contribution in [0.15, 0.2) is 36.5 Å². The molecule has 1 saturated heterocycles. The lowest BCUT2D eigenvalue weighted by Gasteiger charge is -2.35. The first-order valence-electron chi connectivity index (χ1n) is 9.68. The van der Waals surface area contributed by atoms with E-state index in [0.29, 0.717) is 31.2 Å². The molecule has 1 aliphatic rings. The van der Waals surface area contributed by atoms with Crippen molar-refractivity contribution in [3.8, 4) is 0 Å². The maximum atomic E-state index is 13.2. The fraction of sp³-hybridized carbons (Fsp3) is 0.381. The zero-order chi connectivity index (χ0) is 21.7. The van der Waals surface area contributed by atoms with Crippen LogP contribution in [0.1, 0.15) is 36.2 Å². The van der Waals surface area contributed by atoms with Gasteiger partial charge in [-0.05, 0) is 30.7 Å². The minimum Gasteiger partial charge on any atom is -0.481 e. The molecule has 2 aromatic rings. The molecule has 1 aromatic carbocycles. The van der Waals surface area contributed by atoms with Crippen LogP contribution in [-0.2, 0) is 14.4 Å². The Balaban J connectivity index is 1.85. The van der Waals surface area contributed by atoms with Crippen molar-refractivity contribution < 1.29 is 28.7 Å². The Kier molecular flexibility index (Phi) is 6.71. The summed E-state index contributed by atoms with van der Waals surface area (Å²) in [5.41, 5.74) is 0.217. The van der Waals surface area contributed by atoms with Gasteiger partial charge >= 0.3 is 5.97 Å². The number of alkyl halides is 1. The number of carbonyl (C=O) groups excluding carboxylic acids is 3. The van der Waals surface area contributed by atoms with Crippen molar-refractivity contribution in [1.82, 2.24) is 15.2 Å². The summed E-state index contributed by atoms with van der Waals surface area (Å²) in [5, 5.41) is 12.8. The van der Waals surface area contributed by atoms with Crippen LogP contribution in [0.5, 0.6) is 0 Å². The van der Waals surface area contributed by atoms with Crippen molar-refractivity contribution >= 4 is 34.3 Å². The highest BCUT2D eigenvalue weighted by molar-refractivity contribution is 6.06. The number of likely N-dealkylation sites (tertiary alicyclic amines) is 1. The molecule has 2 N–H and O–H groups in total. The summed E-state index contributed by atoms with van der Waals surface area (Å²) >= 11 is 0. The molecule has 9 heteroatoms. The number of hydrogen-bond donors (Lipinski definition) is 2. The number of amides is 2. The molecule has 1 fully saturated rings. The molecule has 158 valence electrons. The number of Topliss-reactive ketones (excluding diaryl/α,β-unsaturated/α-hetero) is 1. The Morgan fingerprint density at radius 1 is 1.20 bits per heavy atom. The third-order valence-corrected chi connectivity index (χ3v) is 5.16. The average Bonchev–Trinajstić information content (AvgIpc) is 2.76. The molecule has 1 aliphatic heterocycles. The highest BCUT2D eigenvalue weighted by Crippen LogP contribution is 2.23. The van der Waals surface area contributed by atoms with Crippen molar-refractivity contribution in [2.75, 3.05) is 13.2 Å². The molecule has 0 saturated carbocycles. The molecule has 1 unspecified atom stereocenters. The van der Waals surface area contributed by atoms with Gasteiger partial charge in [0.25, 0.3) is 5.91 Å². The topological polar surface area (TPSA) is 117 Å². The Bertz CT molecular complexity index is 975. The second-order valence-electron chi connectivity index (χ2n) is 7.15. The summed E-state index contributed by atoms with van der Waals surface area (Å²) in [6.45, 7) is -1.06. The van der Waals surface area contributed by atoms with E-state index in [2.05, 4.69) is 10.3 Å². The van der Waals surface area contributed by atoms with Gasteiger partial charge in [-0.15, -0.1) is 0 Å². The predicted octanol–water partition coefficient (Wildman–Crippen LogP) is 1.73. The van der Waals surface area contributed by atoms with Gasteiger partial charge in [0.05, 0.1) is 6.42 Å². The van der Waals surface area contributed by atoms with Crippen LogP contribution in [-0.4, -0.2) is 63.9 Å². The molecular weight excluding hydrogens is 393 g/mol. The molecular formula is C21H22FN3O5. The second-order valence-corrected chi connectivity index (χ2v) is 7.15. The van der Waals surface area contributed by atoms with E-state index in [4.69, 9.17) is 5.11 Å². The van der Waals surface area contributed by atoms with E-state index in [-0.39, 0.29) is 5.69 Å². The zero-order valence-electron chi connectivity index (χ0n) is 16.2. The smallest absolute Gasteiger partial charge is 0.305 e. The number of aliphatic carboxylic acids is 1. The van der Waals surface area contributed by atoms with E-state index >= 15 is 0 Å². The van der Waals surface area contributed by atoms with Gasteiger partial charge < -0.3 is 15.3 Å². The molecule has 3 rings (SSSR count). The Morgan fingerprint density at radius 3 is 2.70 bits per heavy atom. The third kappa shape index (κ3) is 4.61. The first kappa shape index (κ1) is 21.4. The molecule has 2 amide bonds. The van der Waals surface area contributed by atoms with Gasteiger partial charge in [0.2, 0.25) is 5.91 Å². The van der Waals surface area contributed by atoms with Gasteiger partial charge in [0, 0.05) is 18.1 Å². The fourth-order valence-electron chi connectivity index (χ4n) is 3.65. The number of benzene rings is 1. The largest absolute Gasteiger partial charge is 0.481 e. The van der Waals surface area contributed by atoms with Crippen LogP contribution in [0.3, 0.4) is 0 Å². The van der Waals surface area contributed by atoms with Crippen LogP contribution in [0, 0.1) is 0 Å². The molecule has 2 heterocycles. The zero-order valence-corrected chi connectivity index (χ0v) is 16.2. The van der Waals surface area contributed by atoms with Crippen molar-refractivity contribution in [2.45, 2.75) is 37.8 Å². The number of aromatic nitrogens is 1. The number of pyridine rings is 1. The number of nitrogens with zero attached hydrogens (tertiary/aromatic N) is 2. The standard InChI is InChI=1S/C21H22FN3O5/c22-12-17(26)15(11-18(27)28)24-20(29)16-7-3-4-10-25(16)21(30)19-14-6-2-1-5-13(14)8-9-23-19/h1-2,5-6,8-9,15-16H,3-4,7,10-12H2,(H,24,29)(H,27,28)/t15?,16-/m0/s1. The summed E-state index contributed by atoms with van der Waals surface area (Å²) in [7, 11) is 0. The van der Waals surface area contributed by atoms with Crippen molar-refractivity contribution in [2.24, 2.45) is 0 Å². The number of ketones is 1. The number of fused-ring (bicyclic) bond motifs is 1. The summed E-state index contributed by atoms with van der Waals surface area (Å²) < 4.78 is 12.8. The highest BCUT2D eigenvalue weighted by atomic mass is 19.1. The number of hydrogen-bond acceptors (Lipinski definition) is 5. The molecule has 0 spiro atoms. The lowest BCUT2D eigenvalue weighted by atomic mass is 9.99. The van der Waals surface area contributed by atoms with E-state index in [1.807, 2.05) is 12.1 Å². The number of carbonyl (C=O) groups is 4. The van der Waals surface area contributed by atoms with Gasteiger partial charge in [0.15, 0.2) is 5.78 Å². The van der Waals surface area contributed by atoms with Crippen LogP contribution >= 0.6 is 0 Å².